The standard InChI is InChI=1S/C15H20BrNO2/c16-14-7-12-3-6-19-15(12)13(8-14)10-17-4-1-11(9-17)2-5-18/h7-8,11,18H,1-6,9-10H2. The van der Waals surface area contributed by atoms with Crippen molar-refractivity contribution in [1.29, 1.82) is 0 Å². The van der Waals surface area contributed by atoms with Crippen LogP contribution in [0.4, 0.5) is 0 Å². The van der Waals surface area contributed by atoms with Crippen LogP contribution >= 0.6 is 15.9 Å². The van der Waals surface area contributed by atoms with Gasteiger partial charge in [0.2, 0.25) is 0 Å². The topological polar surface area (TPSA) is 32.7 Å². The summed E-state index contributed by atoms with van der Waals surface area (Å²) < 4.78 is 6.93. The van der Waals surface area contributed by atoms with Gasteiger partial charge in [0.1, 0.15) is 5.75 Å². The van der Waals surface area contributed by atoms with Gasteiger partial charge in [-0.3, -0.25) is 4.90 Å². The number of rotatable bonds is 4. The van der Waals surface area contributed by atoms with Gasteiger partial charge in [-0.15, -0.1) is 0 Å². The zero-order chi connectivity index (χ0) is 13.2. The van der Waals surface area contributed by atoms with Gasteiger partial charge >= 0.3 is 0 Å². The third-order valence-electron chi connectivity index (χ3n) is 4.13. The van der Waals surface area contributed by atoms with Gasteiger partial charge in [0.25, 0.3) is 0 Å². The lowest BCUT2D eigenvalue weighted by Gasteiger charge is -2.18. The molecule has 2 aliphatic rings. The summed E-state index contributed by atoms with van der Waals surface area (Å²) in [6.45, 7) is 4.32. The van der Waals surface area contributed by atoms with Crippen LogP contribution in [0.15, 0.2) is 16.6 Å². The monoisotopic (exact) mass is 325 g/mol. The molecule has 0 bridgehead atoms. The molecule has 0 spiro atoms. The maximum Gasteiger partial charge on any atom is 0.127 e. The van der Waals surface area contributed by atoms with E-state index in [-0.39, 0.29) is 0 Å². The Labute approximate surface area is 122 Å². The molecule has 1 N–H and O–H groups in total. The minimum absolute atomic E-state index is 0.313. The summed E-state index contributed by atoms with van der Waals surface area (Å²) in [5.41, 5.74) is 2.63. The Kier molecular flexibility index (Phi) is 4.10. The number of likely N-dealkylation sites (tertiary alicyclic amines) is 1. The van der Waals surface area contributed by atoms with Gasteiger partial charge in [-0.05, 0) is 43.0 Å². The second-order valence-corrected chi connectivity index (χ2v) is 6.47. The summed E-state index contributed by atoms with van der Waals surface area (Å²) in [6.07, 6.45) is 3.16. The number of ether oxygens (including phenoxy) is 1. The van der Waals surface area contributed by atoms with E-state index in [1.165, 1.54) is 17.5 Å². The van der Waals surface area contributed by atoms with Crippen molar-refractivity contribution in [3.05, 3.63) is 27.7 Å². The first-order valence-electron chi connectivity index (χ1n) is 7.03. The van der Waals surface area contributed by atoms with E-state index < -0.39 is 0 Å². The van der Waals surface area contributed by atoms with Crippen LogP contribution < -0.4 is 4.74 Å². The van der Waals surface area contributed by atoms with Crippen LogP contribution in [-0.4, -0.2) is 36.3 Å². The first-order chi connectivity index (χ1) is 9.26. The lowest BCUT2D eigenvalue weighted by molar-refractivity contribution is 0.248. The van der Waals surface area contributed by atoms with Crippen molar-refractivity contribution >= 4 is 15.9 Å². The van der Waals surface area contributed by atoms with Crippen molar-refractivity contribution < 1.29 is 9.84 Å². The van der Waals surface area contributed by atoms with Gasteiger partial charge in [-0.1, -0.05) is 15.9 Å². The molecule has 0 aliphatic carbocycles. The van der Waals surface area contributed by atoms with Gasteiger partial charge in [0.05, 0.1) is 6.61 Å². The fourth-order valence-corrected chi connectivity index (χ4v) is 3.73. The molecule has 2 aliphatic heterocycles. The molecule has 4 heteroatoms. The maximum atomic E-state index is 9.02. The molecule has 1 atom stereocenters. The summed E-state index contributed by atoms with van der Waals surface area (Å²) in [4.78, 5) is 2.48. The largest absolute Gasteiger partial charge is 0.493 e. The SMILES string of the molecule is OCCC1CCN(Cc2cc(Br)cc3c2OCC3)C1. The van der Waals surface area contributed by atoms with Crippen molar-refractivity contribution in [1.82, 2.24) is 4.90 Å². The van der Waals surface area contributed by atoms with Crippen molar-refractivity contribution in [2.75, 3.05) is 26.3 Å². The quantitative estimate of drug-likeness (QED) is 0.923. The number of aliphatic hydroxyl groups excluding tert-OH is 1. The summed E-state index contributed by atoms with van der Waals surface area (Å²) >= 11 is 3.59. The Morgan fingerprint density at radius 3 is 3.16 bits per heavy atom. The molecule has 1 aromatic rings. The highest BCUT2D eigenvalue weighted by molar-refractivity contribution is 9.10. The fourth-order valence-electron chi connectivity index (χ4n) is 3.18. The summed E-state index contributed by atoms with van der Waals surface area (Å²) in [5, 5.41) is 9.02. The van der Waals surface area contributed by atoms with E-state index in [9.17, 15) is 0 Å². The van der Waals surface area contributed by atoms with Crippen LogP contribution in [-0.2, 0) is 13.0 Å². The van der Waals surface area contributed by atoms with Gasteiger partial charge in [0.15, 0.2) is 0 Å². The molecule has 1 unspecified atom stereocenters. The molecule has 0 amide bonds. The molecule has 1 aromatic carbocycles. The number of hydrogen-bond donors (Lipinski definition) is 1. The van der Waals surface area contributed by atoms with Gasteiger partial charge in [0, 0.05) is 36.2 Å². The molecular weight excluding hydrogens is 306 g/mol. The van der Waals surface area contributed by atoms with E-state index in [4.69, 9.17) is 9.84 Å². The number of benzene rings is 1. The molecule has 0 aromatic heterocycles. The Morgan fingerprint density at radius 2 is 2.32 bits per heavy atom. The molecule has 3 rings (SSSR count). The van der Waals surface area contributed by atoms with E-state index in [1.807, 2.05) is 0 Å². The van der Waals surface area contributed by atoms with Crippen molar-refractivity contribution in [2.45, 2.75) is 25.8 Å². The maximum absolute atomic E-state index is 9.02. The predicted octanol–water partition coefficient (Wildman–Crippen LogP) is 2.59. The van der Waals surface area contributed by atoms with Crippen molar-refractivity contribution in [3.8, 4) is 5.75 Å². The normalized spacial score (nSPS) is 22.5. The van der Waals surface area contributed by atoms with Crippen LogP contribution in [0.3, 0.4) is 0 Å². The Balaban J connectivity index is 1.71. The van der Waals surface area contributed by atoms with Crippen LogP contribution in [0.1, 0.15) is 24.0 Å². The summed E-state index contributed by atoms with van der Waals surface area (Å²) in [6, 6.07) is 4.36. The Morgan fingerprint density at radius 1 is 1.42 bits per heavy atom. The first kappa shape index (κ1) is 13.4. The van der Waals surface area contributed by atoms with Gasteiger partial charge in [-0.25, -0.2) is 0 Å². The average molecular weight is 326 g/mol. The Hall–Kier alpha value is -0.580. The van der Waals surface area contributed by atoms with Crippen LogP contribution in [0.25, 0.3) is 0 Å². The van der Waals surface area contributed by atoms with Crippen molar-refractivity contribution in [2.24, 2.45) is 5.92 Å². The minimum atomic E-state index is 0.313. The second kappa shape index (κ2) is 5.81. The number of aliphatic hydroxyl groups is 1. The highest BCUT2D eigenvalue weighted by Crippen LogP contribution is 2.34. The zero-order valence-corrected chi connectivity index (χ0v) is 12.7. The third-order valence-corrected chi connectivity index (χ3v) is 4.58. The number of hydrogen-bond acceptors (Lipinski definition) is 3. The zero-order valence-electron chi connectivity index (χ0n) is 11.1. The molecule has 104 valence electrons. The van der Waals surface area contributed by atoms with Crippen LogP contribution in [0, 0.1) is 5.92 Å². The molecule has 2 heterocycles. The fraction of sp³-hybridized carbons (Fsp3) is 0.600. The summed E-state index contributed by atoms with van der Waals surface area (Å²) in [5.74, 6) is 1.76. The first-order valence-corrected chi connectivity index (χ1v) is 7.83. The van der Waals surface area contributed by atoms with E-state index in [2.05, 4.69) is 33.0 Å². The lowest BCUT2D eigenvalue weighted by Crippen LogP contribution is -2.20. The molecule has 0 saturated carbocycles. The summed E-state index contributed by atoms with van der Waals surface area (Å²) in [7, 11) is 0. The van der Waals surface area contributed by atoms with Gasteiger partial charge in [-0.2, -0.15) is 0 Å². The van der Waals surface area contributed by atoms with E-state index in [1.54, 1.807) is 0 Å². The molecule has 1 saturated heterocycles. The second-order valence-electron chi connectivity index (χ2n) is 5.55. The van der Waals surface area contributed by atoms with Crippen LogP contribution in [0.5, 0.6) is 5.75 Å². The van der Waals surface area contributed by atoms with Gasteiger partial charge < -0.3 is 9.84 Å². The number of nitrogens with zero attached hydrogens (tertiary/aromatic N) is 1. The number of halogens is 1. The molecular formula is C15H20BrNO2. The highest BCUT2D eigenvalue weighted by Gasteiger charge is 2.24. The van der Waals surface area contributed by atoms with Crippen LogP contribution in [0.2, 0.25) is 0 Å². The lowest BCUT2D eigenvalue weighted by atomic mass is 10.1. The number of fused-ring (bicyclic) bond motifs is 1. The van der Waals surface area contributed by atoms with Crippen molar-refractivity contribution in [3.63, 3.8) is 0 Å². The average Bonchev–Trinajstić information content (AvgIpc) is 2.98. The minimum Gasteiger partial charge on any atom is -0.493 e. The molecule has 0 radical (unpaired) electrons. The highest BCUT2D eigenvalue weighted by atomic mass is 79.9. The predicted molar refractivity (Wildman–Crippen MR) is 78.4 cm³/mol. The molecule has 3 nitrogen and oxygen atoms in total. The molecule has 19 heavy (non-hydrogen) atoms. The Bertz CT molecular complexity index is 464. The van der Waals surface area contributed by atoms with E-state index in [0.29, 0.717) is 12.5 Å². The van der Waals surface area contributed by atoms with E-state index in [0.717, 1.165) is 49.3 Å². The third kappa shape index (κ3) is 2.96. The molecule has 1 fully saturated rings. The smallest absolute Gasteiger partial charge is 0.127 e. The van der Waals surface area contributed by atoms with E-state index >= 15 is 0 Å².